The van der Waals surface area contributed by atoms with E-state index in [-0.39, 0.29) is 46.7 Å². The number of carbonyl (C=O) groups is 3. The Morgan fingerprint density at radius 1 is 1.05 bits per heavy atom. The van der Waals surface area contributed by atoms with E-state index in [1.54, 1.807) is 30.3 Å². The molecule has 0 saturated carbocycles. The first-order valence-electron chi connectivity index (χ1n) is 12.5. The standard InChI is InChI=1S/C28H20Cl3N3O8S/c29-16-4-6-20(19(31)10-16)42-21-7-5-17(30)11-22(21)41-12-15-13-43-27-24(26(36)33(27)25(15)28(37)38)32-23(35)9-14-2-1-3-18(8-14)34(39)40/h1-8,10-11,24,27H,9,12-13H2,(H,32,35)(H,37,38)/t24?,27-/m1/s1. The molecule has 3 aromatic rings. The second kappa shape index (κ2) is 12.7. The first kappa shape index (κ1) is 30.5. The third-order valence-electron chi connectivity index (χ3n) is 6.47. The Bertz CT molecular complexity index is 1680. The molecule has 11 nitrogen and oxygen atoms in total. The van der Waals surface area contributed by atoms with Gasteiger partial charge in [0.25, 0.3) is 11.6 Å². The van der Waals surface area contributed by atoms with Crippen LogP contribution in [0, 0.1) is 10.1 Å². The van der Waals surface area contributed by atoms with E-state index >= 15 is 0 Å². The summed E-state index contributed by atoms with van der Waals surface area (Å²) in [6, 6.07) is 14.0. The fraction of sp³-hybridized carbons (Fsp3) is 0.179. The van der Waals surface area contributed by atoms with Crippen LogP contribution >= 0.6 is 46.6 Å². The van der Waals surface area contributed by atoms with Crippen LogP contribution in [-0.4, -0.2) is 56.5 Å². The molecule has 2 atom stereocenters. The predicted octanol–water partition coefficient (Wildman–Crippen LogP) is 5.71. The van der Waals surface area contributed by atoms with Crippen molar-refractivity contribution >= 4 is 70.0 Å². The lowest BCUT2D eigenvalue weighted by atomic mass is 10.0. The molecule has 0 aromatic heterocycles. The number of hydrogen-bond acceptors (Lipinski definition) is 8. The smallest absolute Gasteiger partial charge is 0.352 e. The number of thioether (sulfide) groups is 1. The maximum absolute atomic E-state index is 13.0. The molecule has 5 rings (SSSR count). The van der Waals surface area contributed by atoms with Gasteiger partial charge in [-0.3, -0.25) is 24.6 Å². The summed E-state index contributed by atoms with van der Waals surface area (Å²) in [6.45, 7) is -0.194. The molecule has 2 heterocycles. The van der Waals surface area contributed by atoms with Crippen LogP contribution in [0.3, 0.4) is 0 Å². The van der Waals surface area contributed by atoms with E-state index in [1.165, 1.54) is 42.1 Å². The van der Waals surface area contributed by atoms with Gasteiger partial charge in [-0.25, -0.2) is 4.79 Å². The van der Waals surface area contributed by atoms with Gasteiger partial charge in [0.1, 0.15) is 29.5 Å². The highest BCUT2D eigenvalue weighted by Crippen LogP contribution is 2.42. The van der Waals surface area contributed by atoms with Crippen LogP contribution in [0.2, 0.25) is 15.1 Å². The minimum atomic E-state index is -1.32. The number of carbonyl (C=O) groups excluding carboxylic acids is 2. The minimum absolute atomic E-state index is 0.157. The zero-order valence-corrected chi connectivity index (χ0v) is 24.9. The van der Waals surface area contributed by atoms with Crippen molar-refractivity contribution in [1.29, 1.82) is 0 Å². The van der Waals surface area contributed by atoms with E-state index in [1.807, 2.05) is 0 Å². The second-order valence-electron chi connectivity index (χ2n) is 9.37. The topological polar surface area (TPSA) is 148 Å². The number of carboxylic acids is 1. The number of carboxylic acid groups (broad SMARTS) is 1. The Morgan fingerprint density at radius 2 is 1.77 bits per heavy atom. The Hall–Kier alpha value is -3.97. The number of non-ortho nitro benzene ring substituents is 1. The fourth-order valence-electron chi connectivity index (χ4n) is 4.50. The van der Waals surface area contributed by atoms with Crippen LogP contribution < -0.4 is 14.8 Å². The lowest BCUT2D eigenvalue weighted by Gasteiger charge is -2.49. The molecule has 3 aromatic carbocycles. The first-order chi connectivity index (χ1) is 20.5. The van der Waals surface area contributed by atoms with Gasteiger partial charge in [0.15, 0.2) is 11.5 Å². The number of β-lactam (4-membered cyclic amide) rings is 1. The number of fused-ring (bicyclic) bond motifs is 1. The van der Waals surface area contributed by atoms with Crippen molar-refractivity contribution in [3.63, 3.8) is 0 Å². The van der Waals surface area contributed by atoms with Crippen molar-refractivity contribution in [3.8, 4) is 17.2 Å². The number of nitro benzene ring substituents is 1. The number of ether oxygens (including phenoxy) is 2. The van der Waals surface area contributed by atoms with E-state index in [9.17, 15) is 29.6 Å². The lowest BCUT2D eigenvalue weighted by molar-refractivity contribution is -0.384. The molecule has 2 amide bonds. The third-order valence-corrected chi connectivity index (χ3v) is 8.58. The molecule has 2 aliphatic heterocycles. The third kappa shape index (κ3) is 6.67. The van der Waals surface area contributed by atoms with Crippen molar-refractivity contribution in [2.24, 2.45) is 0 Å². The van der Waals surface area contributed by atoms with Gasteiger partial charge < -0.3 is 19.9 Å². The molecule has 0 radical (unpaired) electrons. The maximum Gasteiger partial charge on any atom is 0.352 e. The number of aliphatic carboxylic acids is 1. The molecule has 222 valence electrons. The molecule has 1 fully saturated rings. The molecule has 2 aliphatic rings. The summed E-state index contributed by atoms with van der Waals surface area (Å²) in [4.78, 5) is 49.5. The molecule has 0 spiro atoms. The summed E-state index contributed by atoms with van der Waals surface area (Å²) in [7, 11) is 0. The number of halogens is 3. The average molecular weight is 665 g/mol. The van der Waals surface area contributed by atoms with E-state index in [0.29, 0.717) is 26.9 Å². The van der Waals surface area contributed by atoms with Crippen LogP contribution in [0.4, 0.5) is 5.69 Å². The van der Waals surface area contributed by atoms with Crippen LogP contribution in [0.1, 0.15) is 5.56 Å². The second-order valence-corrected chi connectivity index (χ2v) is 11.8. The van der Waals surface area contributed by atoms with Gasteiger partial charge in [-0.15, -0.1) is 11.8 Å². The normalized spacial score (nSPS) is 17.6. The van der Waals surface area contributed by atoms with Gasteiger partial charge in [0, 0.05) is 39.6 Å². The highest BCUT2D eigenvalue weighted by atomic mass is 35.5. The van der Waals surface area contributed by atoms with Gasteiger partial charge in [-0.2, -0.15) is 0 Å². The SMILES string of the molecule is O=C(Cc1cccc([N+](=O)[O-])c1)NC1C(=O)N2C(C(=O)O)=C(COc3cc(Cl)ccc3Oc3ccc(Cl)cc3Cl)CS[C@H]12. The van der Waals surface area contributed by atoms with E-state index in [0.717, 1.165) is 4.90 Å². The zero-order valence-electron chi connectivity index (χ0n) is 21.8. The highest BCUT2D eigenvalue weighted by Gasteiger charge is 2.54. The molecular formula is C28H20Cl3N3O8S. The van der Waals surface area contributed by atoms with Gasteiger partial charge in [0.05, 0.1) is 16.4 Å². The number of benzene rings is 3. The molecule has 15 heteroatoms. The van der Waals surface area contributed by atoms with E-state index < -0.39 is 34.1 Å². The van der Waals surface area contributed by atoms with E-state index in [2.05, 4.69) is 5.32 Å². The Kier molecular flexibility index (Phi) is 9.02. The Labute approximate surface area is 263 Å². The molecule has 0 aliphatic carbocycles. The number of hydrogen-bond donors (Lipinski definition) is 2. The van der Waals surface area contributed by atoms with Crippen molar-refractivity contribution < 1.29 is 33.9 Å². The van der Waals surface area contributed by atoms with E-state index in [4.69, 9.17) is 44.3 Å². The molecular weight excluding hydrogens is 645 g/mol. The quantitative estimate of drug-likeness (QED) is 0.158. The monoisotopic (exact) mass is 663 g/mol. The van der Waals surface area contributed by atoms with Crippen LogP contribution in [-0.2, 0) is 20.8 Å². The zero-order chi connectivity index (χ0) is 30.8. The predicted molar refractivity (Wildman–Crippen MR) is 160 cm³/mol. The molecule has 1 saturated heterocycles. The Balaban J connectivity index is 1.28. The van der Waals surface area contributed by atoms with Crippen molar-refractivity contribution in [1.82, 2.24) is 10.2 Å². The minimum Gasteiger partial charge on any atom is -0.485 e. The fourth-order valence-corrected chi connectivity index (χ4v) is 6.44. The number of rotatable bonds is 10. The summed E-state index contributed by atoms with van der Waals surface area (Å²) in [5.74, 6) is -1.46. The van der Waals surface area contributed by atoms with Gasteiger partial charge in [0.2, 0.25) is 5.91 Å². The van der Waals surface area contributed by atoms with Gasteiger partial charge in [-0.1, -0.05) is 46.9 Å². The maximum atomic E-state index is 13.0. The van der Waals surface area contributed by atoms with Crippen molar-refractivity contribution in [2.45, 2.75) is 17.8 Å². The molecule has 0 bridgehead atoms. The van der Waals surface area contributed by atoms with Gasteiger partial charge >= 0.3 is 5.97 Å². The highest BCUT2D eigenvalue weighted by molar-refractivity contribution is 8.00. The van der Waals surface area contributed by atoms with Crippen LogP contribution in [0.5, 0.6) is 17.2 Å². The average Bonchev–Trinajstić information content (AvgIpc) is 2.96. The number of nitro groups is 1. The number of amides is 2. The summed E-state index contributed by atoms with van der Waals surface area (Å²) in [5, 5.41) is 24.0. The largest absolute Gasteiger partial charge is 0.485 e. The van der Waals surface area contributed by atoms with Gasteiger partial charge in [-0.05, 0) is 35.9 Å². The number of nitrogens with one attached hydrogen (secondary N) is 1. The Morgan fingerprint density at radius 3 is 2.47 bits per heavy atom. The summed E-state index contributed by atoms with van der Waals surface area (Å²) in [5.41, 5.74) is 0.345. The lowest BCUT2D eigenvalue weighted by Crippen LogP contribution is -2.70. The summed E-state index contributed by atoms with van der Waals surface area (Å²) in [6.07, 6.45) is -0.186. The number of nitrogens with zero attached hydrogens (tertiary/aromatic N) is 2. The molecule has 1 unspecified atom stereocenters. The van der Waals surface area contributed by atoms with Crippen molar-refractivity contribution in [3.05, 3.63) is 103 Å². The summed E-state index contributed by atoms with van der Waals surface area (Å²) >= 11 is 19.6. The first-order valence-corrected chi connectivity index (χ1v) is 14.7. The molecule has 43 heavy (non-hydrogen) atoms. The molecule has 2 N–H and O–H groups in total. The summed E-state index contributed by atoms with van der Waals surface area (Å²) < 4.78 is 11.8. The van der Waals surface area contributed by atoms with Crippen LogP contribution in [0.25, 0.3) is 0 Å². The van der Waals surface area contributed by atoms with Crippen molar-refractivity contribution in [2.75, 3.05) is 12.4 Å². The van der Waals surface area contributed by atoms with Crippen LogP contribution in [0.15, 0.2) is 71.9 Å².